The zero-order valence-electron chi connectivity index (χ0n) is 16.6. The molecule has 6 nitrogen and oxygen atoms in total. The molecular weight excluding hydrogens is 370 g/mol. The summed E-state index contributed by atoms with van der Waals surface area (Å²) in [5.74, 6) is 0.0641. The van der Waals surface area contributed by atoms with Crippen LogP contribution in [0.1, 0.15) is 38.1 Å². The third-order valence-corrected chi connectivity index (χ3v) is 3.83. The summed E-state index contributed by atoms with van der Waals surface area (Å²) in [5.41, 5.74) is 1.04. The van der Waals surface area contributed by atoms with E-state index in [1.807, 2.05) is 27.7 Å². The van der Waals surface area contributed by atoms with Gasteiger partial charge in [-0.25, -0.2) is 4.79 Å². The van der Waals surface area contributed by atoms with Crippen molar-refractivity contribution in [2.45, 2.75) is 27.7 Å². The van der Waals surface area contributed by atoms with E-state index in [2.05, 4.69) is 6.58 Å². The summed E-state index contributed by atoms with van der Waals surface area (Å²) in [6.07, 6.45) is 0. The summed E-state index contributed by atoms with van der Waals surface area (Å²) in [6, 6.07) is 2.93. The minimum absolute atomic E-state index is 0.185. The van der Waals surface area contributed by atoms with Crippen molar-refractivity contribution in [3.05, 3.63) is 34.9 Å². The van der Waals surface area contributed by atoms with Gasteiger partial charge in [0, 0.05) is 13.1 Å². The average Bonchev–Trinajstić information content (AvgIpc) is 2.61. The fourth-order valence-corrected chi connectivity index (χ4v) is 2.50. The molecule has 1 amide bonds. The van der Waals surface area contributed by atoms with Gasteiger partial charge < -0.3 is 19.1 Å². The van der Waals surface area contributed by atoms with Crippen LogP contribution in [0.25, 0.3) is 0 Å². The quantitative estimate of drug-likeness (QED) is 0.441. The number of nitrogens with zero attached hydrogens (tertiary/aromatic N) is 1. The van der Waals surface area contributed by atoms with Gasteiger partial charge in [-0.2, -0.15) is 0 Å². The number of halogens is 1. The van der Waals surface area contributed by atoms with Crippen LogP contribution in [0, 0.1) is 5.92 Å². The molecule has 0 spiro atoms. The van der Waals surface area contributed by atoms with Gasteiger partial charge >= 0.3 is 5.97 Å². The van der Waals surface area contributed by atoms with E-state index >= 15 is 0 Å². The van der Waals surface area contributed by atoms with Crippen molar-refractivity contribution in [2.24, 2.45) is 5.92 Å². The zero-order valence-corrected chi connectivity index (χ0v) is 17.4. The van der Waals surface area contributed by atoms with Gasteiger partial charge in [-0.1, -0.05) is 37.6 Å². The maximum Gasteiger partial charge on any atom is 0.338 e. The number of esters is 1. The lowest BCUT2D eigenvalue weighted by Crippen LogP contribution is -2.35. The SMILES string of the molecule is C=C(C)CN(CC)C(=O)COC(=O)c1cc(Cl)c(OCC(C)C)c(OC)c1. The van der Waals surface area contributed by atoms with Gasteiger partial charge in [0.1, 0.15) is 0 Å². The largest absolute Gasteiger partial charge is 0.493 e. The summed E-state index contributed by atoms with van der Waals surface area (Å²) >= 11 is 6.24. The molecule has 1 rings (SSSR count). The molecule has 1 aromatic carbocycles. The summed E-state index contributed by atoms with van der Waals surface area (Å²) in [4.78, 5) is 26.1. The summed E-state index contributed by atoms with van der Waals surface area (Å²) in [5, 5.41) is 0.241. The maximum absolute atomic E-state index is 12.3. The Kier molecular flexibility index (Phi) is 9.15. The number of carbonyl (C=O) groups is 2. The lowest BCUT2D eigenvalue weighted by Gasteiger charge is -2.20. The Labute approximate surface area is 166 Å². The number of rotatable bonds is 10. The number of hydrogen-bond donors (Lipinski definition) is 0. The molecule has 0 aliphatic heterocycles. The normalized spacial score (nSPS) is 10.5. The molecule has 0 fully saturated rings. The van der Waals surface area contributed by atoms with Crippen molar-refractivity contribution in [2.75, 3.05) is 33.4 Å². The lowest BCUT2D eigenvalue weighted by molar-refractivity contribution is -0.133. The van der Waals surface area contributed by atoms with E-state index in [-0.39, 0.29) is 23.1 Å². The molecule has 0 heterocycles. The molecule has 0 bridgehead atoms. The summed E-state index contributed by atoms with van der Waals surface area (Å²) in [6.45, 7) is 12.5. The van der Waals surface area contributed by atoms with Crippen molar-refractivity contribution in [3.63, 3.8) is 0 Å². The first kappa shape index (κ1) is 22.8. The van der Waals surface area contributed by atoms with E-state index < -0.39 is 5.97 Å². The molecule has 0 unspecified atom stereocenters. The minimum Gasteiger partial charge on any atom is -0.493 e. The van der Waals surface area contributed by atoms with Crippen molar-refractivity contribution < 1.29 is 23.8 Å². The summed E-state index contributed by atoms with van der Waals surface area (Å²) < 4.78 is 16.1. The molecule has 0 saturated heterocycles. The van der Waals surface area contributed by atoms with Crippen LogP contribution in [0.3, 0.4) is 0 Å². The Bertz CT molecular complexity index is 687. The standard InChI is InChI=1S/C20H28ClNO5/c1-7-22(10-13(2)3)18(23)12-27-20(24)15-8-16(21)19(17(9-15)25-6)26-11-14(4)5/h8-9,14H,2,7,10-12H2,1,3-6H3. The molecule has 0 saturated carbocycles. The van der Waals surface area contributed by atoms with Crippen LogP contribution in [0.15, 0.2) is 24.3 Å². The van der Waals surface area contributed by atoms with E-state index in [0.29, 0.717) is 37.1 Å². The number of carbonyl (C=O) groups excluding carboxylic acids is 2. The highest BCUT2D eigenvalue weighted by Gasteiger charge is 2.19. The second-order valence-corrected chi connectivity index (χ2v) is 7.04. The Hall–Kier alpha value is -2.21. The molecule has 0 aromatic heterocycles. The lowest BCUT2D eigenvalue weighted by atomic mass is 10.2. The van der Waals surface area contributed by atoms with E-state index in [1.54, 1.807) is 4.90 Å². The highest BCUT2D eigenvalue weighted by molar-refractivity contribution is 6.32. The van der Waals surface area contributed by atoms with E-state index in [9.17, 15) is 9.59 Å². The molecule has 0 N–H and O–H groups in total. The number of benzene rings is 1. The predicted octanol–water partition coefficient (Wildman–Crippen LogP) is 3.96. The fraction of sp³-hybridized carbons (Fsp3) is 0.500. The fourth-order valence-electron chi connectivity index (χ4n) is 2.23. The maximum atomic E-state index is 12.3. The first-order valence-corrected chi connectivity index (χ1v) is 9.16. The van der Waals surface area contributed by atoms with Gasteiger partial charge in [-0.05, 0) is 31.9 Å². The first-order chi connectivity index (χ1) is 12.7. The van der Waals surface area contributed by atoms with E-state index in [4.69, 9.17) is 25.8 Å². The molecule has 0 aliphatic carbocycles. The Morgan fingerprint density at radius 1 is 1.30 bits per heavy atom. The third kappa shape index (κ3) is 7.13. The molecular formula is C20H28ClNO5. The Morgan fingerprint density at radius 2 is 1.96 bits per heavy atom. The number of methoxy groups -OCH3 is 1. The second-order valence-electron chi connectivity index (χ2n) is 6.64. The molecule has 0 atom stereocenters. The van der Waals surface area contributed by atoms with Gasteiger partial charge in [0.25, 0.3) is 5.91 Å². The third-order valence-electron chi connectivity index (χ3n) is 3.55. The molecule has 27 heavy (non-hydrogen) atoms. The first-order valence-electron chi connectivity index (χ1n) is 8.79. The van der Waals surface area contributed by atoms with Crippen molar-refractivity contribution in [1.29, 1.82) is 0 Å². The Balaban J connectivity index is 2.84. The van der Waals surface area contributed by atoms with Crippen LogP contribution in [-0.4, -0.2) is 50.2 Å². The van der Waals surface area contributed by atoms with E-state index in [1.165, 1.54) is 19.2 Å². The van der Waals surface area contributed by atoms with Gasteiger partial charge in [0.15, 0.2) is 18.1 Å². The highest BCUT2D eigenvalue weighted by Crippen LogP contribution is 2.36. The zero-order chi connectivity index (χ0) is 20.6. The molecule has 1 aromatic rings. The Morgan fingerprint density at radius 3 is 2.48 bits per heavy atom. The highest BCUT2D eigenvalue weighted by atomic mass is 35.5. The summed E-state index contributed by atoms with van der Waals surface area (Å²) in [7, 11) is 1.46. The van der Waals surface area contributed by atoms with Crippen LogP contribution >= 0.6 is 11.6 Å². The van der Waals surface area contributed by atoms with Gasteiger partial charge in [-0.3, -0.25) is 4.79 Å². The number of likely N-dealkylation sites (N-methyl/N-ethyl adjacent to an activating group) is 1. The van der Waals surface area contributed by atoms with Crippen molar-refractivity contribution in [3.8, 4) is 11.5 Å². The van der Waals surface area contributed by atoms with Crippen LogP contribution in [-0.2, 0) is 9.53 Å². The molecule has 0 radical (unpaired) electrons. The minimum atomic E-state index is -0.662. The topological polar surface area (TPSA) is 65.1 Å². The van der Waals surface area contributed by atoms with Gasteiger partial charge in [-0.15, -0.1) is 0 Å². The van der Waals surface area contributed by atoms with Crippen LogP contribution < -0.4 is 9.47 Å². The van der Waals surface area contributed by atoms with Gasteiger partial charge in [0.05, 0.1) is 24.3 Å². The smallest absolute Gasteiger partial charge is 0.338 e. The van der Waals surface area contributed by atoms with Crippen molar-refractivity contribution >= 4 is 23.5 Å². The van der Waals surface area contributed by atoms with E-state index in [0.717, 1.165) is 5.57 Å². The molecule has 0 aliphatic rings. The van der Waals surface area contributed by atoms with Crippen LogP contribution in [0.4, 0.5) is 0 Å². The van der Waals surface area contributed by atoms with Crippen molar-refractivity contribution in [1.82, 2.24) is 4.90 Å². The van der Waals surface area contributed by atoms with Gasteiger partial charge in [0.2, 0.25) is 0 Å². The number of ether oxygens (including phenoxy) is 3. The van der Waals surface area contributed by atoms with Crippen LogP contribution in [0.5, 0.6) is 11.5 Å². The average molecular weight is 398 g/mol. The number of amides is 1. The van der Waals surface area contributed by atoms with Crippen LogP contribution in [0.2, 0.25) is 5.02 Å². The number of hydrogen-bond acceptors (Lipinski definition) is 5. The second kappa shape index (κ2) is 10.8. The molecule has 150 valence electrons. The monoisotopic (exact) mass is 397 g/mol. The predicted molar refractivity (Wildman–Crippen MR) is 106 cm³/mol. The molecule has 7 heteroatoms.